The molecule has 144 valence electrons. The van der Waals surface area contributed by atoms with Crippen molar-refractivity contribution in [2.45, 2.75) is 32.3 Å². The molecule has 1 heterocycles. The molecule has 1 amide bonds. The Morgan fingerprint density at radius 3 is 2.52 bits per heavy atom. The van der Waals surface area contributed by atoms with Crippen molar-refractivity contribution in [1.29, 1.82) is 0 Å². The average Bonchev–Trinajstić information content (AvgIpc) is 2.81. The monoisotopic (exact) mass is 388 g/mol. The van der Waals surface area contributed by atoms with Crippen molar-refractivity contribution < 1.29 is 17.9 Å². The minimum atomic E-state index is -3.47. The summed E-state index contributed by atoms with van der Waals surface area (Å²) in [6, 6.07) is 14.5. The minimum absolute atomic E-state index is 0.180. The maximum absolute atomic E-state index is 12.9. The van der Waals surface area contributed by atoms with E-state index in [9.17, 15) is 13.2 Å². The fourth-order valence-electron chi connectivity index (χ4n) is 3.19. The van der Waals surface area contributed by atoms with Gasteiger partial charge in [0.25, 0.3) is 5.91 Å². The molecule has 1 atom stereocenters. The van der Waals surface area contributed by atoms with Crippen molar-refractivity contribution in [2.24, 2.45) is 0 Å². The molecule has 0 fully saturated rings. The van der Waals surface area contributed by atoms with E-state index in [0.29, 0.717) is 11.4 Å². The Morgan fingerprint density at radius 1 is 1.15 bits per heavy atom. The van der Waals surface area contributed by atoms with E-state index in [1.807, 2.05) is 24.3 Å². The summed E-state index contributed by atoms with van der Waals surface area (Å²) in [4.78, 5) is 12.9. The van der Waals surface area contributed by atoms with Crippen LogP contribution in [-0.4, -0.2) is 33.2 Å². The molecule has 1 aliphatic heterocycles. The molecule has 0 saturated carbocycles. The van der Waals surface area contributed by atoms with Crippen LogP contribution in [0.15, 0.2) is 48.5 Å². The van der Waals surface area contributed by atoms with E-state index in [1.54, 1.807) is 24.3 Å². The van der Waals surface area contributed by atoms with Crippen molar-refractivity contribution in [2.75, 3.05) is 22.4 Å². The van der Waals surface area contributed by atoms with E-state index in [1.165, 1.54) is 4.31 Å². The summed E-state index contributed by atoms with van der Waals surface area (Å²) in [5.74, 6) is 0.365. The van der Waals surface area contributed by atoms with Crippen LogP contribution >= 0.6 is 0 Å². The van der Waals surface area contributed by atoms with Gasteiger partial charge in [0.1, 0.15) is 5.75 Å². The number of hydrogen-bond acceptors (Lipinski definition) is 4. The first kappa shape index (κ1) is 19.2. The Balaban J connectivity index is 1.86. The number of anilines is 2. The van der Waals surface area contributed by atoms with Gasteiger partial charge in [-0.1, -0.05) is 44.2 Å². The number of fused-ring (bicyclic) bond motifs is 1. The highest BCUT2D eigenvalue weighted by atomic mass is 32.2. The lowest BCUT2D eigenvalue weighted by Crippen LogP contribution is -2.36. The van der Waals surface area contributed by atoms with Gasteiger partial charge in [0.2, 0.25) is 10.0 Å². The standard InChI is InChI=1S/C20H24N2O4S/c1-14(2)15-8-4-5-9-16(15)21-20(23)19-12-13-22(27(3,24)25)17-10-6-7-11-18(17)26-19/h4-11,14,19H,12-13H2,1-3H3,(H,21,23)/t19-/m1/s1. The van der Waals surface area contributed by atoms with Crippen LogP contribution < -0.4 is 14.4 Å². The molecule has 0 aliphatic carbocycles. The highest BCUT2D eigenvalue weighted by Gasteiger charge is 2.31. The number of sulfonamides is 1. The predicted octanol–water partition coefficient (Wildman–Crippen LogP) is 3.37. The fourth-order valence-corrected chi connectivity index (χ4v) is 4.13. The number of nitrogens with one attached hydrogen (secondary N) is 1. The first-order chi connectivity index (χ1) is 12.8. The smallest absolute Gasteiger partial charge is 0.265 e. The number of ether oxygens (including phenoxy) is 1. The highest BCUT2D eigenvalue weighted by molar-refractivity contribution is 7.92. The number of hydrogen-bond donors (Lipinski definition) is 1. The van der Waals surface area contributed by atoms with Crippen LogP contribution in [-0.2, 0) is 14.8 Å². The molecule has 7 heteroatoms. The van der Waals surface area contributed by atoms with Crippen LogP contribution in [0.5, 0.6) is 5.75 Å². The molecule has 27 heavy (non-hydrogen) atoms. The molecule has 1 aliphatic rings. The summed E-state index contributed by atoms with van der Waals surface area (Å²) in [6.07, 6.45) is 0.638. The fraction of sp³-hybridized carbons (Fsp3) is 0.350. The van der Waals surface area contributed by atoms with Gasteiger partial charge in [-0.05, 0) is 29.7 Å². The molecule has 2 aromatic carbocycles. The quantitative estimate of drug-likeness (QED) is 0.871. The van der Waals surface area contributed by atoms with Crippen molar-refractivity contribution in [3.63, 3.8) is 0 Å². The zero-order valence-electron chi connectivity index (χ0n) is 15.7. The Hall–Kier alpha value is -2.54. The van der Waals surface area contributed by atoms with Crippen molar-refractivity contribution in [1.82, 2.24) is 0 Å². The van der Waals surface area contributed by atoms with Gasteiger partial charge in [-0.25, -0.2) is 8.42 Å². The van der Waals surface area contributed by atoms with Crippen molar-refractivity contribution >= 4 is 27.3 Å². The third-order valence-electron chi connectivity index (χ3n) is 4.53. The third-order valence-corrected chi connectivity index (χ3v) is 5.71. The maximum atomic E-state index is 12.9. The topological polar surface area (TPSA) is 75.7 Å². The first-order valence-corrected chi connectivity index (χ1v) is 10.8. The summed E-state index contributed by atoms with van der Waals surface area (Å²) in [5.41, 5.74) is 2.24. The number of benzene rings is 2. The lowest BCUT2D eigenvalue weighted by Gasteiger charge is -2.20. The largest absolute Gasteiger partial charge is 0.478 e. The second-order valence-electron chi connectivity index (χ2n) is 6.93. The predicted molar refractivity (Wildman–Crippen MR) is 107 cm³/mol. The number of amides is 1. The molecular weight excluding hydrogens is 364 g/mol. The van der Waals surface area contributed by atoms with Gasteiger partial charge in [-0.15, -0.1) is 0 Å². The van der Waals surface area contributed by atoms with Gasteiger partial charge in [0, 0.05) is 18.7 Å². The molecule has 0 unspecified atom stereocenters. The number of carbonyl (C=O) groups is 1. The summed E-state index contributed by atoms with van der Waals surface area (Å²) in [6.45, 7) is 4.31. The van der Waals surface area contributed by atoms with Gasteiger partial charge in [0.15, 0.2) is 6.10 Å². The van der Waals surface area contributed by atoms with Crippen LogP contribution in [0.1, 0.15) is 31.7 Å². The average molecular weight is 388 g/mol. The van der Waals surface area contributed by atoms with Crippen molar-refractivity contribution in [3.05, 3.63) is 54.1 Å². The Morgan fingerprint density at radius 2 is 1.81 bits per heavy atom. The van der Waals surface area contributed by atoms with Crippen molar-refractivity contribution in [3.8, 4) is 5.75 Å². The molecule has 6 nitrogen and oxygen atoms in total. The summed E-state index contributed by atoms with van der Waals surface area (Å²) >= 11 is 0. The second-order valence-corrected chi connectivity index (χ2v) is 8.84. The molecule has 0 aromatic heterocycles. The first-order valence-electron chi connectivity index (χ1n) is 8.90. The highest BCUT2D eigenvalue weighted by Crippen LogP contribution is 2.34. The normalized spacial score (nSPS) is 17.0. The number of nitrogens with zero attached hydrogens (tertiary/aromatic N) is 1. The number of para-hydroxylation sites is 3. The van der Waals surface area contributed by atoms with E-state index < -0.39 is 16.1 Å². The van der Waals surface area contributed by atoms with Crippen LogP contribution in [0.4, 0.5) is 11.4 Å². The molecule has 2 aromatic rings. The molecule has 0 radical (unpaired) electrons. The molecular formula is C20H24N2O4S. The van der Waals surface area contributed by atoms with E-state index in [-0.39, 0.29) is 24.8 Å². The molecule has 0 spiro atoms. The van der Waals surface area contributed by atoms with Gasteiger partial charge in [0.05, 0.1) is 11.9 Å². The Labute approximate surface area is 160 Å². The van der Waals surface area contributed by atoms with E-state index in [0.717, 1.165) is 17.5 Å². The molecule has 0 saturated heterocycles. The third kappa shape index (κ3) is 4.24. The Bertz CT molecular complexity index is 941. The summed E-state index contributed by atoms with van der Waals surface area (Å²) in [7, 11) is -3.47. The van der Waals surface area contributed by atoms with Crippen LogP contribution in [0.2, 0.25) is 0 Å². The summed E-state index contributed by atoms with van der Waals surface area (Å²) in [5, 5.41) is 2.94. The SMILES string of the molecule is CC(C)c1ccccc1NC(=O)[C@H]1CCN(S(C)(=O)=O)c2ccccc2O1. The molecule has 0 bridgehead atoms. The zero-order valence-corrected chi connectivity index (χ0v) is 16.5. The van der Waals surface area contributed by atoms with E-state index in [2.05, 4.69) is 19.2 Å². The second kappa shape index (κ2) is 7.60. The summed E-state index contributed by atoms with van der Waals surface area (Å²) < 4.78 is 31.5. The lowest BCUT2D eigenvalue weighted by atomic mass is 10.0. The van der Waals surface area contributed by atoms with Crippen LogP contribution in [0.3, 0.4) is 0 Å². The minimum Gasteiger partial charge on any atom is -0.478 e. The van der Waals surface area contributed by atoms with Crippen LogP contribution in [0, 0.1) is 0 Å². The van der Waals surface area contributed by atoms with E-state index >= 15 is 0 Å². The number of rotatable bonds is 4. The number of carbonyl (C=O) groups excluding carboxylic acids is 1. The van der Waals surface area contributed by atoms with Gasteiger partial charge in [-0.3, -0.25) is 9.10 Å². The lowest BCUT2D eigenvalue weighted by molar-refractivity contribution is -0.122. The van der Waals surface area contributed by atoms with Gasteiger partial charge < -0.3 is 10.1 Å². The van der Waals surface area contributed by atoms with E-state index in [4.69, 9.17) is 4.74 Å². The molecule has 3 rings (SSSR count). The Kier molecular flexibility index (Phi) is 5.41. The van der Waals surface area contributed by atoms with Crippen LogP contribution in [0.25, 0.3) is 0 Å². The zero-order chi connectivity index (χ0) is 19.6. The van der Waals surface area contributed by atoms with Gasteiger partial charge in [-0.2, -0.15) is 0 Å². The molecule has 1 N–H and O–H groups in total. The maximum Gasteiger partial charge on any atom is 0.265 e. The van der Waals surface area contributed by atoms with Gasteiger partial charge >= 0.3 is 0 Å².